The van der Waals surface area contributed by atoms with Crippen LogP contribution in [0.2, 0.25) is 0 Å². The van der Waals surface area contributed by atoms with Crippen LogP contribution in [0.3, 0.4) is 0 Å². The summed E-state index contributed by atoms with van der Waals surface area (Å²) in [5.41, 5.74) is 19.8. The van der Waals surface area contributed by atoms with Crippen LogP contribution in [0.4, 0.5) is 11.6 Å². The molecule has 4 heterocycles. The predicted octanol–water partition coefficient (Wildman–Crippen LogP) is 5.71. The number of aromatic nitrogens is 7. The van der Waals surface area contributed by atoms with E-state index in [4.69, 9.17) is 20.9 Å². The second kappa shape index (κ2) is 16.1. The van der Waals surface area contributed by atoms with E-state index in [-0.39, 0.29) is 29.3 Å². The molecule has 3 aromatic heterocycles. The normalized spacial score (nSPS) is 13.8. The number of aryl methyl sites for hydroxylation is 2. The van der Waals surface area contributed by atoms with Crippen molar-refractivity contribution in [1.82, 2.24) is 40.1 Å². The fraction of sp³-hybridized carbons (Fsp3) is 0.186. The number of anilines is 2. The monoisotopic (exact) mass is 776 g/mol. The Labute approximate surface area is 333 Å². The van der Waals surface area contributed by atoms with E-state index in [0.717, 1.165) is 40.8 Å². The molecule has 15 heteroatoms. The van der Waals surface area contributed by atoms with Crippen LogP contribution in [0.1, 0.15) is 78.0 Å². The highest BCUT2D eigenvalue weighted by atomic mass is 16.7. The molecule has 0 spiro atoms. The zero-order valence-corrected chi connectivity index (χ0v) is 31.8. The van der Waals surface area contributed by atoms with Gasteiger partial charge in [-0.25, -0.2) is 14.3 Å². The minimum atomic E-state index is -0.463. The van der Waals surface area contributed by atoms with Crippen molar-refractivity contribution in [2.75, 3.05) is 24.7 Å². The molecule has 6 N–H and O–H groups in total. The van der Waals surface area contributed by atoms with Crippen molar-refractivity contribution in [2.45, 2.75) is 39.0 Å². The van der Waals surface area contributed by atoms with Crippen molar-refractivity contribution in [3.05, 3.63) is 154 Å². The summed E-state index contributed by atoms with van der Waals surface area (Å²) < 4.78 is 14.1. The van der Waals surface area contributed by atoms with E-state index in [1.165, 1.54) is 23.4 Å². The molecule has 0 bridgehead atoms. The maximum atomic E-state index is 13.2. The van der Waals surface area contributed by atoms with Crippen molar-refractivity contribution in [2.24, 2.45) is 0 Å². The standard InChI is InChI=1S/C24H24N4O4.C19H16N6O/c1-14-5-6-16(23(30)27-18-7-8-18)12-20(14)28-22(25)19(13-26-28)21(29)15-3-2-4-17(11-15)24-31-9-10-32-24;1-12-7-8-14(19-21-11-22-24-19)9-16(12)25-18(20)15(10-23-25)17(26)13-5-3-2-4-6-13/h2-6,11-13,18,24H,7-10,25H2,1H3,(H,27,30);2-11H,20H2,1H3,(H,21,22,24). The smallest absolute Gasteiger partial charge is 0.251 e. The summed E-state index contributed by atoms with van der Waals surface area (Å²) in [4.78, 5) is 42.5. The Balaban J connectivity index is 0.000000165. The molecule has 0 unspecified atom stereocenters. The van der Waals surface area contributed by atoms with E-state index >= 15 is 0 Å². The van der Waals surface area contributed by atoms with Crippen LogP contribution in [0, 0.1) is 13.8 Å². The molecule has 7 aromatic rings. The van der Waals surface area contributed by atoms with Crippen molar-refractivity contribution in [3.8, 4) is 22.8 Å². The molecule has 1 aliphatic heterocycles. The Hall–Kier alpha value is -7.23. The van der Waals surface area contributed by atoms with Crippen molar-refractivity contribution < 1.29 is 23.9 Å². The summed E-state index contributed by atoms with van der Waals surface area (Å²) >= 11 is 0. The predicted molar refractivity (Wildman–Crippen MR) is 216 cm³/mol. The topological polar surface area (TPSA) is 211 Å². The number of carbonyl (C=O) groups excluding carboxylic acids is 3. The first kappa shape index (κ1) is 37.7. The summed E-state index contributed by atoms with van der Waals surface area (Å²) in [6, 6.07) is 27.6. The number of nitrogens with two attached hydrogens (primary N) is 2. The molecule has 2 fully saturated rings. The number of nitrogens with one attached hydrogen (secondary N) is 2. The number of nitrogen functional groups attached to an aromatic ring is 2. The quantitative estimate of drug-likeness (QED) is 0.124. The second-order valence-corrected chi connectivity index (χ2v) is 14.0. The van der Waals surface area contributed by atoms with Crippen molar-refractivity contribution >= 4 is 29.1 Å². The van der Waals surface area contributed by atoms with E-state index in [2.05, 4.69) is 30.7 Å². The lowest BCUT2D eigenvalue weighted by molar-refractivity contribution is -0.0441. The van der Waals surface area contributed by atoms with Gasteiger partial charge in [0.15, 0.2) is 23.7 Å². The maximum absolute atomic E-state index is 13.2. The van der Waals surface area contributed by atoms with Gasteiger partial charge in [-0.1, -0.05) is 66.7 Å². The molecule has 292 valence electrons. The summed E-state index contributed by atoms with van der Waals surface area (Å²) in [5.74, 6) is 0.655. The van der Waals surface area contributed by atoms with Gasteiger partial charge in [-0.2, -0.15) is 15.3 Å². The highest BCUT2D eigenvalue weighted by molar-refractivity contribution is 6.12. The summed E-state index contributed by atoms with van der Waals surface area (Å²) in [7, 11) is 0. The molecule has 15 nitrogen and oxygen atoms in total. The molecule has 58 heavy (non-hydrogen) atoms. The lowest BCUT2D eigenvalue weighted by Crippen LogP contribution is -2.25. The molecule has 1 amide bonds. The van der Waals surface area contributed by atoms with E-state index in [1.807, 2.05) is 62.4 Å². The van der Waals surface area contributed by atoms with Crippen LogP contribution in [0.25, 0.3) is 22.8 Å². The Kier molecular flexibility index (Phi) is 10.5. The van der Waals surface area contributed by atoms with E-state index < -0.39 is 6.29 Å². The average molecular weight is 777 g/mol. The number of ketones is 2. The Morgan fingerprint density at radius 3 is 1.98 bits per heavy atom. The minimum Gasteiger partial charge on any atom is -0.383 e. The maximum Gasteiger partial charge on any atom is 0.251 e. The molecule has 0 radical (unpaired) electrons. The number of ether oxygens (including phenoxy) is 2. The molecule has 1 saturated carbocycles. The molecule has 1 saturated heterocycles. The summed E-state index contributed by atoms with van der Waals surface area (Å²) in [6.07, 6.45) is 5.99. The molecular weight excluding hydrogens is 737 g/mol. The third-order valence-corrected chi connectivity index (χ3v) is 9.92. The van der Waals surface area contributed by atoms with Gasteiger partial charge in [0.2, 0.25) is 0 Å². The van der Waals surface area contributed by atoms with Crippen molar-refractivity contribution in [1.29, 1.82) is 0 Å². The number of carbonyl (C=O) groups is 3. The Morgan fingerprint density at radius 1 is 0.724 bits per heavy atom. The summed E-state index contributed by atoms with van der Waals surface area (Å²) in [6.45, 7) is 4.92. The number of amides is 1. The van der Waals surface area contributed by atoms with Crippen LogP contribution in [-0.2, 0) is 9.47 Å². The van der Waals surface area contributed by atoms with Gasteiger partial charge in [0.25, 0.3) is 5.91 Å². The number of hydrogen-bond acceptors (Lipinski definition) is 11. The van der Waals surface area contributed by atoms with Crippen molar-refractivity contribution in [3.63, 3.8) is 0 Å². The van der Waals surface area contributed by atoms with Gasteiger partial charge in [0, 0.05) is 33.9 Å². The van der Waals surface area contributed by atoms with Crippen LogP contribution >= 0.6 is 0 Å². The van der Waals surface area contributed by atoms with Gasteiger partial charge in [0.05, 0.1) is 48.1 Å². The number of hydrogen-bond donors (Lipinski definition) is 4. The van der Waals surface area contributed by atoms with Gasteiger partial charge in [-0.15, -0.1) is 0 Å². The molecule has 4 aromatic carbocycles. The lowest BCUT2D eigenvalue weighted by Gasteiger charge is -2.12. The average Bonchev–Trinajstić information content (AvgIpc) is 3.71. The third kappa shape index (κ3) is 7.76. The van der Waals surface area contributed by atoms with Gasteiger partial charge >= 0.3 is 0 Å². The van der Waals surface area contributed by atoms with Crippen LogP contribution < -0.4 is 16.8 Å². The molecule has 1 aliphatic carbocycles. The van der Waals surface area contributed by atoms with Crippen LogP contribution in [-0.4, -0.2) is 71.5 Å². The fourth-order valence-electron chi connectivity index (χ4n) is 6.53. The Morgan fingerprint density at radius 2 is 1.34 bits per heavy atom. The highest BCUT2D eigenvalue weighted by Gasteiger charge is 2.26. The first-order chi connectivity index (χ1) is 28.2. The SMILES string of the molecule is Cc1ccc(-c2ncn[nH]2)cc1-n1ncc(C(=O)c2ccccc2)c1N.Cc1ccc(C(=O)NC2CC2)cc1-n1ncc(C(=O)c2cccc(C3OCCO3)c2)c1N. The first-order valence-electron chi connectivity index (χ1n) is 18.7. The zero-order chi connectivity index (χ0) is 40.3. The summed E-state index contributed by atoms with van der Waals surface area (Å²) in [5, 5.41) is 18.4. The minimum absolute atomic E-state index is 0.121. The fourth-order valence-corrected chi connectivity index (χ4v) is 6.53. The van der Waals surface area contributed by atoms with Gasteiger partial charge < -0.3 is 26.3 Å². The zero-order valence-electron chi connectivity index (χ0n) is 31.8. The van der Waals surface area contributed by atoms with Crippen LogP contribution in [0.5, 0.6) is 0 Å². The number of benzene rings is 4. The molecule has 0 atom stereocenters. The second-order valence-electron chi connectivity index (χ2n) is 14.0. The lowest BCUT2D eigenvalue weighted by atomic mass is 10.0. The Bertz CT molecular complexity index is 2620. The number of nitrogens with zero attached hydrogens (tertiary/aromatic N) is 6. The number of H-pyrrole nitrogens is 1. The largest absolute Gasteiger partial charge is 0.383 e. The molecule has 2 aliphatic rings. The number of rotatable bonds is 10. The van der Waals surface area contributed by atoms with Gasteiger partial charge in [-0.3, -0.25) is 19.5 Å². The third-order valence-electron chi connectivity index (χ3n) is 9.92. The van der Waals surface area contributed by atoms with E-state index in [1.54, 1.807) is 47.1 Å². The van der Waals surface area contributed by atoms with Crippen LogP contribution in [0.15, 0.2) is 110 Å². The number of aromatic amines is 1. The van der Waals surface area contributed by atoms with Gasteiger partial charge in [0.1, 0.15) is 18.0 Å². The molecule has 9 rings (SSSR count). The van der Waals surface area contributed by atoms with E-state index in [0.29, 0.717) is 58.4 Å². The van der Waals surface area contributed by atoms with E-state index in [9.17, 15) is 14.4 Å². The highest BCUT2D eigenvalue weighted by Crippen LogP contribution is 2.29. The first-order valence-corrected chi connectivity index (χ1v) is 18.7. The van der Waals surface area contributed by atoms with Gasteiger partial charge in [-0.05, 0) is 62.1 Å². The molecular formula is C43H40N10O5.